The number of nitrogens with one attached hydrogen (secondary N) is 2. The van der Waals surface area contributed by atoms with Gasteiger partial charge in [0.1, 0.15) is 5.78 Å². The zero-order valence-electron chi connectivity index (χ0n) is 14.5. The fourth-order valence-corrected chi connectivity index (χ4v) is 4.65. The number of rotatable bonds is 4. The molecule has 132 valence electrons. The summed E-state index contributed by atoms with van der Waals surface area (Å²) in [6.07, 6.45) is 4.51. The summed E-state index contributed by atoms with van der Waals surface area (Å²) in [5.74, 6) is 0.168. The molecule has 0 atom stereocenters. The maximum atomic E-state index is 12.2. The Morgan fingerprint density at radius 3 is 1.81 bits per heavy atom. The Balaban J connectivity index is 2.02. The predicted octanol–water partition coefficient (Wildman–Crippen LogP) is 6.46. The maximum Gasteiger partial charge on any atom is 0.131 e. The first-order chi connectivity index (χ1) is 12.4. The number of aromatic nitrogens is 2. The quantitative estimate of drug-likeness (QED) is 0.351. The molecule has 2 aromatic heterocycles. The highest BCUT2D eigenvalue weighted by Gasteiger charge is 2.35. The van der Waals surface area contributed by atoms with Crippen LogP contribution in [-0.2, 0) is 10.2 Å². The van der Waals surface area contributed by atoms with Crippen LogP contribution in [0.2, 0.25) is 0 Å². The van der Waals surface area contributed by atoms with E-state index in [0.717, 1.165) is 41.9 Å². The zero-order valence-corrected chi connectivity index (χ0v) is 17.7. The first-order valence-electron chi connectivity index (χ1n) is 8.42. The molecule has 0 aliphatic rings. The second kappa shape index (κ2) is 6.39. The van der Waals surface area contributed by atoms with Crippen LogP contribution in [0, 0.1) is 0 Å². The van der Waals surface area contributed by atoms with Crippen LogP contribution in [-0.4, -0.2) is 15.8 Å². The standard InChI is InChI=1S/C21H18Br2N2O/c1-12(26)9-21(2,17-10-24-19-5-3-13(22)7-15(17)19)18-11-25-20-6-4-14(23)8-16(18)20/h3-8,10-11,24-25H,9H2,1-2H3. The van der Waals surface area contributed by atoms with Gasteiger partial charge in [0.15, 0.2) is 0 Å². The molecule has 2 N–H and O–H groups in total. The van der Waals surface area contributed by atoms with Gasteiger partial charge in [-0.2, -0.15) is 0 Å². The second-order valence-corrected chi connectivity index (χ2v) is 8.83. The minimum Gasteiger partial charge on any atom is -0.361 e. The van der Waals surface area contributed by atoms with Crippen molar-refractivity contribution in [1.82, 2.24) is 9.97 Å². The Kier molecular flexibility index (Phi) is 4.32. The highest BCUT2D eigenvalue weighted by molar-refractivity contribution is 9.10. The van der Waals surface area contributed by atoms with Gasteiger partial charge in [-0.1, -0.05) is 38.8 Å². The number of hydrogen-bond donors (Lipinski definition) is 2. The molecule has 0 unspecified atom stereocenters. The average Bonchev–Trinajstić information content (AvgIpc) is 3.17. The number of fused-ring (bicyclic) bond motifs is 2. The number of H-pyrrole nitrogens is 2. The Hall–Kier alpha value is -1.85. The maximum absolute atomic E-state index is 12.2. The van der Waals surface area contributed by atoms with Crippen LogP contribution < -0.4 is 0 Å². The summed E-state index contributed by atoms with van der Waals surface area (Å²) in [6, 6.07) is 12.4. The van der Waals surface area contributed by atoms with Gasteiger partial charge in [-0.05, 0) is 54.4 Å². The molecule has 26 heavy (non-hydrogen) atoms. The summed E-state index contributed by atoms with van der Waals surface area (Å²) >= 11 is 7.15. The van der Waals surface area contributed by atoms with Gasteiger partial charge >= 0.3 is 0 Å². The van der Waals surface area contributed by atoms with E-state index in [1.54, 1.807) is 6.92 Å². The minimum atomic E-state index is -0.441. The van der Waals surface area contributed by atoms with E-state index in [9.17, 15) is 4.79 Å². The van der Waals surface area contributed by atoms with Crippen molar-refractivity contribution in [2.75, 3.05) is 0 Å². The molecule has 0 spiro atoms. The number of benzene rings is 2. The molecule has 2 heterocycles. The molecule has 0 saturated heterocycles. The highest BCUT2D eigenvalue weighted by atomic mass is 79.9. The van der Waals surface area contributed by atoms with E-state index < -0.39 is 5.41 Å². The van der Waals surface area contributed by atoms with Crippen LogP contribution in [0.5, 0.6) is 0 Å². The third-order valence-electron chi connectivity index (χ3n) is 5.08. The first kappa shape index (κ1) is 17.6. The second-order valence-electron chi connectivity index (χ2n) is 7.00. The molecule has 0 amide bonds. The van der Waals surface area contributed by atoms with Gasteiger partial charge in [0.25, 0.3) is 0 Å². The molecule has 3 nitrogen and oxygen atoms in total. The van der Waals surface area contributed by atoms with Gasteiger partial charge in [-0.15, -0.1) is 0 Å². The van der Waals surface area contributed by atoms with Crippen LogP contribution in [0.25, 0.3) is 21.8 Å². The summed E-state index contributed by atoms with van der Waals surface area (Å²) in [4.78, 5) is 18.9. The van der Waals surface area contributed by atoms with E-state index >= 15 is 0 Å². The van der Waals surface area contributed by atoms with Crippen molar-refractivity contribution in [2.24, 2.45) is 0 Å². The summed E-state index contributed by atoms with van der Waals surface area (Å²) in [5, 5.41) is 2.26. The van der Waals surface area contributed by atoms with Gasteiger partial charge in [0.2, 0.25) is 0 Å². The van der Waals surface area contributed by atoms with Crippen LogP contribution in [0.4, 0.5) is 0 Å². The van der Waals surface area contributed by atoms with E-state index in [-0.39, 0.29) is 5.78 Å². The number of carbonyl (C=O) groups is 1. The van der Waals surface area contributed by atoms with Crippen LogP contribution >= 0.6 is 31.9 Å². The molecular weight excluding hydrogens is 456 g/mol. The SMILES string of the molecule is CC(=O)CC(C)(c1c[nH]c2ccc(Br)cc12)c1c[nH]c2ccc(Br)cc12. The zero-order chi connectivity index (χ0) is 18.5. The molecule has 0 radical (unpaired) electrons. The van der Waals surface area contributed by atoms with Gasteiger partial charge in [-0.25, -0.2) is 0 Å². The number of hydrogen-bond acceptors (Lipinski definition) is 1. The van der Waals surface area contributed by atoms with Crippen molar-refractivity contribution in [3.8, 4) is 0 Å². The largest absolute Gasteiger partial charge is 0.361 e. The van der Waals surface area contributed by atoms with Gasteiger partial charge < -0.3 is 9.97 Å². The highest BCUT2D eigenvalue weighted by Crippen LogP contribution is 2.43. The van der Waals surface area contributed by atoms with Crippen molar-refractivity contribution >= 4 is 59.4 Å². The molecule has 4 rings (SSSR count). The lowest BCUT2D eigenvalue weighted by Crippen LogP contribution is -2.26. The Labute approximate surface area is 168 Å². The van der Waals surface area contributed by atoms with Crippen molar-refractivity contribution in [1.29, 1.82) is 0 Å². The monoisotopic (exact) mass is 472 g/mol. The number of ketones is 1. The number of aromatic amines is 2. The molecule has 5 heteroatoms. The molecule has 0 saturated carbocycles. The molecule has 2 aromatic carbocycles. The Morgan fingerprint density at radius 1 is 0.923 bits per heavy atom. The molecule has 0 aliphatic heterocycles. The van der Waals surface area contributed by atoms with E-state index in [0.29, 0.717) is 6.42 Å². The van der Waals surface area contributed by atoms with Gasteiger partial charge in [0, 0.05) is 55.0 Å². The first-order valence-corrected chi connectivity index (χ1v) is 10.0. The van der Waals surface area contributed by atoms with Gasteiger partial charge in [0.05, 0.1) is 0 Å². The lowest BCUT2D eigenvalue weighted by molar-refractivity contribution is -0.117. The minimum absolute atomic E-state index is 0.168. The van der Waals surface area contributed by atoms with Crippen molar-refractivity contribution < 1.29 is 4.79 Å². The molecule has 0 aliphatic carbocycles. The van der Waals surface area contributed by atoms with E-state index in [2.05, 4.69) is 73.0 Å². The van der Waals surface area contributed by atoms with Crippen LogP contribution in [0.1, 0.15) is 31.4 Å². The summed E-state index contributed by atoms with van der Waals surface area (Å²) in [5.41, 5.74) is 3.96. The molecule has 0 fully saturated rings. The average molecular weight is 474 g/mol. The lowest BCUT2D eigenvalue weighted by Gasteiger charge is -2.29. The summed E-state index contributed by atoms with van der Waals surface area (Å²) in [6.45, 7) is 3.81. The van der Waals surface area contributed by atoms with E-state index in [4.69, 9.17) is 0 Å². The normalized spacial score (nSPS) is 12.2. The smallest absolute Gasteiger partial charge is 0.131 e. The number of halogens is 2. The third kappa shape index (κ3) is 2.83. The van der Waals surface area contributed by atoms with E-state index in [1.165, 1.54) is 0 Å². The topological polar surface area (TPSA) is 48.6 Å². The number of Topliss-reactive ketones (excluding diaryl/α,β-unsaturated/α-hetero) is 1. The van der Waals surface area contributed by atoms with Crippen molar-refractivity contribution in [3.05, 3.63) is 68.9 Å². The van der Waals surface area contributed by atoms with Gasteiger partial charge in [-0.3, -0.25) is 4.79 Å². The number of carbonyl (C=O) groups excluding carboxylic acids is 1. The lowest BCUT2D eigenvalue weighted by atomic mass is 9.72. The fourth-order valence-electron chi connectivity index (χ4n) is 3.93. The third-order valence-corrected chi connectivity index (χ3v) is 6.07. The Morgan fingerprint density at radius 2 is 1.38 bits per heavy atom. The summed E-state index contributed by atoms with van der Waals surface area (Å²) < 4.78 is 2.05. The summed E-state index contributed by atoms with van der Waals surface area (Å²) in [7, 11) is 0. The molecular formula is C21H18Br2N2O. The van der Waals surface area contributed by atoms with Crippen LogP contribution in [0.15, 0.2) is 57.7 Å². The fraction of sp³-hybridized carbons (Fsp3) is 0.190. The Bertz CT molecular complexity index is 1060. The van der Waals surface area contributed by atoms with E-state index in [1.807, 2.05) is 24.5 Å². The molecule has 4 aromatic rings. The van der Waals surface area contributed by atoms with Crippen LogP contribution in [0.3, 0.4) is 0 Å². The molecule has 0 bridgehead atoms. The van der Waals surface area contributed by atoms with Crippen molar-refractivity contribution in [3.63, 3.8) is 0 Å². The predicted molar refractivity (Wildman–Crippen MR) is 114 cm³/mol. The van der Waals surface area contributed by atoms with Crippen molar-refractivity contribution in [2.45, 2.75) is 25.7 Å².